The summed E-state index contributed by atoms with van der Waals surface area (Å²) in [7, 11) is 0. The second kappa shape index (κ2) is 3.89. The second-order valence-corrected chi connectivity index (χ2v) is 3.80. The van der Waals surface area contributed by atoms with Gasteiger partial charge in [0.15, 0.2) is 0 Å². The number of alkyl halides is 3. The van der Waals surface area contributed by atoms with Crippen molar-refractivity contribution >= 4 is 17.4 Å². The largest absolute Gasteiger partial charge is 0.350 e. The van der Waals surface area contributed by atoms with Gasteiger partial charge in [-0.05, 0) is 0 Å². The molecule has 1 aromatic rings. The molecule has 0 aromatic carbocycles. The molecular formula is C9H10ClF2N3. The van der Waals surface area contributed by atoms with Crippen LogP contribution in [0.2, 0.25) is 0 Å². The van der Waals surface area contributed by atoms with Crippen LogP contribution < -0.4 is 4.90 Å². The van der Waals surface area contributed by atoms with Gasteiger partial charge in [0.25, 0.3) is 5.92 Å². The molecule has 82 valence electrons. The molecule has 0 amide bonds. The van der Waals surface area contributed by atoms with E-state index in [4.69, 9.17) is 11.6 Å². The van der Waals surface area contributed by atoms with Gasteiger partial charge in [0.1, 0.15) is 12.1 Å². The number of hydrogen-bond donors (Lipinski definition) is 0. The topological polar surface area (TPSA) is 29.0 Å². The predicted octanol–water partition coefficient (Wildman–Crippen LogP) is 2.06. The molecule has 1 aliphatic rings. The predicted molar refractivity (Wildman–Crippen MR) is 53.4 cm³/mol. The van der Waals surface area contributed by atoms with Crippen LogP contribution in [0, 0.1) is 0 Å². The minimum Gasteiger partial charge on any atom is -0.350 e. The standard InChI is InChI=1S/C9H10ClF2N3/c10-3-7-4-13-6-14-8(7)15-2-1-9(11,12)5-15/h4,6H,1-3,5H2. The Hall–Kier alpha value is -0.970. The highest BCUT2D eigenvalue weighted by atomic mass is 35.5. The quantitative estimate of drug-likeness (QED) is 0.733. The van der Waals surface area contributed by atoms with Gasteiger partial charge in [0, 0.05) is 24.7 Å². The van der Waals surface area contributed by atoms with Crippen molar-refractivity contribution in [1.29, 1.82) is 0 Å². The molecule has 15 heavy (non-hydrogen) atoms. The monoisotopic (exact) mass is 233 g/mol. The van der Waals surface area contributed by atoms with Crippen molar-refractivity contribution in [3.63, 3.8) is 0 Å². The fraction of sp³-hybridized carbons (Fsp3) is 0.556. The molecular weight excluding hydrogens is 224 g/mol. The summed E-state index contributed by atoms with van der Waals surface area (Å²) in [6, 6.07) is 0. The summed E-state index contributed by atoms with van der Waals surface area (Å²) < 4.78 is 26.0. The van der Waals surface area contributed by atoms with E-state index >= 15 is 0 Å². The van der Waals surface area contributed by atoms with Gasteiger partial charge in [-0.25, -0.2) is 18.7 Å². The summed E-state index contributed by atoms with van der Waals surface area (Å²) in [5.74, 6) is -1.86. The molecule has 1 fully saturated rings. The van der Waals surface area contributed by atoms with Crippen molar-refractivity contribution in [1.82, 2.24) is 9.97 Å². The molecule has 1 aliphatic heterocycles. The van der Waals surface area contributed by atoms with Gasteiger partial charge in [-0.1, -0.05) is 0 Å². The Morgan fingerprint density at radius 2 is 2.33 bits per heavy atom. The molecule has 0 radical (unpaired) electrons. The summed E-state index contributed by atoms with van der Waals surface area (Å²) in [4.78, 5) is 9.36. The van der Waals surface area contributed by atoms with Crippen molar-refractivity contribution in [3.05, 3.63) is 18.1 Å². The van der Waals surface area contributed by atoms with Crippen molar-refractivity contribution in [2.45, 2.75) is 18.2 Å². The normalized spacial score (nSPS) is 19.5. The molecule has 0 N–H and O–H groups in total. The Morgan fingerprint density at radius 1 is 1.53 bits per heavy atom. The van der Waals surface area contributed by atoms with Crippen LogP contribution in [0.15, 0.2) is 12.5 Å². The maximum absolute atomic E-state index is 13.0. The fourth-order valence-electron chi connectivity index (χ4n) is 1.65. The third-order valence-electron chi connectivity index (χ3n) is 2.38. The zero-order chi connectivity index (χ0) is 10.9. The highest BCUT2D eigenvalue weighted by Gasteiger charge is 2.39. The first-order valence-corrected chi connectivity index (χ1v) is 5.13. The van der Waals surface area contributed by atoms with Crippen LogP contribution in [-0.4, -0.2) is 29.0 Å². The third-order valence-corrected chi connectivity index (χ3v) is 2.67. The molecule has 0 atom stereocenters. The second-order valence-electron chi connectivity index (χ2n) is 3.53. The number of anilines is 1. The van der Waals surface area contributed by atoms with E-state index in [9.17, 15) is 8.78 Å². The van der Waals surface area contributed by atoms with Gasteiger partial charge in [0.2, 0.25) is 0 Å². The summed E-state index contributed by atoms with van der Waals surface area (Å²) in [6.45, 7) is 0.0296. The number of rotatable bonds is 2. The zero-order valence-electron chi connectivity index (χ0n) is 7.96. The summed E-state index contributed by atoms with van der Waals surface area (Å²) in [6.07, 6.45) is 2.78. The van der Waals surface area contributed by atoms with Crippen LogP contribution in [0.5, 0.6) is 0 Å². The van der Waals surface area contributed by atoms with Crippen molar-refractivity contribution < 1.29 is 8.78 Å². The minimum absolute atomic E-state index is 0.126. The zero-order valence-corrected chi connectivity index (χ0v) is 8.71. The van der Waals surface area contributed by atoms with Crippen LogP contribution in [0.25, 0.3) is 0 Å². The molecule has 0 bridgehead atoms. The molecule has 0 spiro atoms. The van der Waals surface area contributed by atoms with Crippen LogP contribution in [0.3, 0.4) is 0 Å². The molecule has 2 rings (SSSR count). The number of hydrogen-bond acceptors (Lipinski definition) is 3. The lowest BCUT2D eigenvalue weighted by molar-refractivity contribution is 0.0256. The van der Waals surface area contributed by atoms with Crippen LogP contribution in [-0.2, 0) is 5.88 Å². The van der Waals surface area contributed by atoms with Crippen molar-refractivity contribution in [2.75, 3.05) is 18.0 Å². The van der Waals surface area contributed by atoms with Crippen LogP contribution in [0.1, 0.15) is 12.0 Å². The minimum atomic E-state index is -2.62. The lowest BCUT2D eigenvalue weighted by atomic mass is 10.3. The number of halogens is 3. The molecule has 0 unspecified atom stereocenters. The highest BCUT2D eigenvalue weighted by molar-refractivity contribution is 6.17. The SMILES string of the molecule is FC1(F)CCN(c2ncncc2CCl)C1. The maximum Gasteiger partial charge on any atom is 0.266 e. The van der Waals surface area contributed by atoms with Gasteiger partial charge in [-0.3, -0.25) is 0 Å². The molecule has 0 saturated carbocycles. The highest BCUT2D eigenvalue weighted by Crippen LogP contribution is 2.31. The molecule has 0 aliphatic carbocycles. The molecule has 1 saturated heterocycles. The van der Waals surface area contributed by atoms with Gasteiger partial charge < -0.3 is 4.90 Å². The van der Waals surface area contributed by atoms with E-state index in [0.29, 0.717) is 17.9 Å². The summed E-state index contributed by atoms with van der Waals surface area (Å²) in [5.41, 5.74) is 0.692. The van der Waals surface area contributed by atoms with E-state index < -0.39 is 5.92 Å². The van der Waals surface area contributed by atoms with Gasteiger partial charge in [0.05, 0.1) is 12.4 Å². The lowest BCUT2D eigenvalue weighted by Crippen LogP contribution is -2.26. The van der Waals surface area contributed by atoms with E-state index in [0.717, 1.165) is 0 Å². The first kappa shape index (κ1) is 10.5. The number of nitrogens with zero attached hydrogens (tertiary/aromatic N) is 3. The van der Waals surface area contributed by atoms with E-state index in [1.54, 1.807) is 11.1 Å². The van der Waals surface area contributed by atoms with E-state index in [-0.39, 0.29) is 18.8 Å². The van der Waals surface area contributed by atoms with E-state index in [1.807, 2.05) is 0 Å². The molecule has 2 heterocycles. The lowest BCUT2D eigenvalue weighted by Gasteiger charge is -2.18. The molecule has 1 aromatic heterocycles. The Kier molecular flexibility index (Phi) is 2.73. The Bertz CT molecular complexity index is 359. The van der Waals surface area contributed by atoms with Crippen LogP contribution in [0.4, 0.5) is 14.6 Å². The van der Waals surface area contributed by atoms with Crippen molar-refractivity contribution in [2.24, 2.45) is 0 Å². The van der Waals surface area contributed by atoms with Gasteiger partial charge in [-0.2, -0.15) is 0 Å². The van der Waals surface area contributed by atoms with Gasteiger partial charge >= 0.3 is 0 Å². The van der Waals surface area contributed by atoms with E-state index in [2.05, 4.69) is 9.97 Å². The van der Waals surface area contributed by atoms with Crippen molar-refractivity contribution in [3.8, 4) is 0 Å². The first-order valence-electron chi connectivity index (χ1n) is 4.60. The maximum atomic E-state index is 13.0. The summed E-state index contributed by atoms with van der Waals surface area (Å²) >= 11 is 5.69. The Morgan fingerprint density at radius 3 is 2.93 bits per heavy atom. The Labute approximate surface area is 91.1 Å². The Balaban J connectivity index is 2.23. The first-order chi connectivity index (χ1) is 7.12. The average molecular weight is 234 g/mol. The number of aromatic nitrogens is 2. The molecule has 3 nitrogen and oxygen atoms in total. The molecule has 6 heteroatoms. The average Bonchev–Trinajstić information content (AvgIpc) is 2.59. The fourth-order valence-corrected chi connectivity index (χ4v) is 1.84. The third kappa shape index (κ3) is 2.17. The van der Waals surface area contributed by atoms with Gasteiger partial charge in [-0.15, -0.1) is 11.6 Å². The summed E-state index contributed by atoms with van der Waals surface area (Å²) in [5, 5.41) is 0. The van der Waals surface area contributed by atoms with Crippen LogP contribution >= 0.6 is 11.6 Å². The smallest absolute Gasteiger partial charge is 0.266 e. The van der Waals surface area contributed by atoms with E-state index in [1.165, 1.54) is 6.33 Å².